The number of carboxylic acid groups (broad SMARTS) is 1. The van der Waals surface area contributed by atoms with Gasteiger partial charge in [-0.3, -0.25) is 0 Å². The van der Waals surface area contributed by atoms with Gasteiger partial charge in [0.25, 0.3) is 0 Å². The fraction of sp³-hybridized carbons (Fsp3) is 0.231. The number of anilines is 1. The Labute approximate surface area is 129 Å². The molecule has 1 aliphatic rings. The Morgan fingerprint density at radius 1 is 1.38 bits per heavy atom. The van der Waals surface area contributed by atoms with E-state index in [1.807, 2.05) is 0 Å². The highest BCUT2D eigenvalue weighted by molar-refractivity contribution is 7.15. The van der Waals surface area contributed by atoms with Crippen molar-refractivity contribution in [1.82, 2.24) is 4.98 Å². The second-order valence-electron chi connectivity index (χ2n) is 4.28. The number of rotatable bonds is 4. The fourth-order valence-corrected chi connectivity index (χ4v) is 2.88. The normalized spacial score (nSPS) is 13.0. The van der Waals surface area contributed by atoms with Gasteiger partial charge < -0.3 is 19.9 Å². The van der Waals surface area contributed by atoms with Gasteiger partial charge in [-0.1, -0.05) is 11.6 Å². The SMILES string of the molecule is O=C(O)c1cc2c(cc1NCc1cnc(Cl)s1)OCCO2. The molecule has 6 nitrogen and oxygen atoms in total. The van der Waals surface area contributed by atoms with Crippen LogP contribution in [-0.2, 0) is 6.54 Å². The molecule has 21 heavy (non-hydrogen) atoms. The van der Waals surface area contributed by atoms with E-state index in [0.29, 0.717) is 41.4 Å². The first-order valence-electron chi connectivity index (χ1n) is 6.14. The van der Waals surface area contributed by atoms with Gasteiger partial charge in [-0.05, 0) is 0 Å². The molecule has 0 unspecified atom stereocenters. The lowest BCUT2D eigenvalue weighted by Gasteiger charge is -2.20. The molecular formula is C13H11ClN2O4S. The lowest BCUT2D eigenvalue weighted by Crippen LogP contribution is -2.17. The summed E-state index contributed by atoms with van der Waals surface area (Å²) in [5.74, 6) is -0.0436. The third-order valence-corrected chi connectivity index (χ3v) is 4.01. The second-order valence-corrected chi connectivity index (χ2v) is 5.98. The minimum atomic E-state index is -1.03. The summed E-state index contributed by atoms with van der Waals surface area (Å²) in [7, 11) is 0. The molecule has 3 rings (SSSR count). The summed E-state index contributed by atoms with van der Waals surface area (Å²) in [5, 5.41) is 12.4. The molecule has 0 radical (unpaired) electrons. The van der Waals surface area contributed by atoms with Gasteiger partial charge in [0, 0.05) is 23.2 Å². The maximum atomic E-state index is 11.4. The number of fused-ring (bicyclic) bond motifs is 1. The number of nitrogens with zero attached hydrogens (tertiary/aromatic N) is 1. The number of aromatic nitrogens is 1. The molecule has 0 amide bonds. The van der Waals surface area contributed by atoms with Crippen LogP contribution in [0.5, 0.6) is 11.5 Å². The summed E-state index contributed by atoms with van der Waals surface area (Å²) in [4.78, 5) is 16.2. The number of aromatic carboxylic acids is 1. The molecule has 0 bridgehead atoms. The maximum absolute atomic E-state index is 11.4. The van der Waals surface area contributed by atoms with Crippen LogP contribution in [-0.4, -0.2) is 29.3 Å². The van der Waals surface area contributed by atoms with E-state index in [-0.39, 0.29) is 5.56 Å². The number of halogens is 1. The molecule has 1 aromatic heterocycles. The molecule has 110 valence electrons. The topological polar surface area (TPSA) is 80.7 Å². The van der Waals surface area contributed by atoms with Gasteiger partial charge in [-0.15, -0.1) is 11.3 Å². The number of hydrogen-bond acceptors (Lipinski definition) is 6. The summed E-state index contributed by atoms with van der Waals surface area (Å²) < 4.78 is 11.3. The van der Waals surface area contributed by atoms with Gasteiger partial charge >= 0.3 is 5.97 Å². The molecular weight excluding hydrogens is 316 g/mol. The molecule has 1 aliphatic heterocycles. The van der Waals surface area contributed by atoms with E-state index >= 15 is 0 Å². The molecule has 0 saturated heterocycles. The lowest BCUT2D eigenvalue weighted by atomic mass is 10.1. The molecule has 0 spiro atoms. The van der Waals surface area contributed by atoms with Gasteiger partial charge in [0.05, 0.1) is 17.8 Å². The Bertz CT molecular complexity index is 689. The fourth-order valence-electron chi connectivity index (χ4n) is 1.96. The Kier molecular flexibility index (Phi) is 3.85. The van der Waals surface area contributed by atoms with Gasteiger partial charge in [-0.2, -0.15) is 0 Å². The molecule has 1 aromatic carbocycles. The first-order valence-corrected chi connectivity index (χ1v) is 7.34. The van der Waals surface area contributed by atoms with Crippen molar-refractivity contribution in [3.05, 3.63) is 33.2 Å². The largest absolute Gasteiger partial charge is 0.486 e. The van der Waals surface area contributed by atoms with Crippen molar-refractivity contribution in [3.8, 4) is 11.5 Å². The molecule has 0 saturated carbocycles. The Morgan fingerprint density at radius 3 is 2.71 bits per heavy atom. The van der Waals surface area contributed by atoms with E-state index in [2.05, 4.69) is 10.3 Å². The van der Waals surface area contributed by atoms with Crippen LogP contribution in [0.15, 0.2) is 18.3 Å². The number of ether oxygens (including phenoxy) is 2. The van der Waals surface area contributed by atoms with Crippen molar-refractivity contribution in [1.29, 1.82) is 0 Å². The second kappa shape index (κ2) is 5.79. The molecule has 2 aromatic rings. The Morgan fingerprint density at radius 2 is 2.10 bits per heavy atom. The number of thiazole rings is 1. The molecule has 2 heterocycles. The molecule has 0 aliphatic carbocycles. The van der Waals surface area contributed by atoms with E-state index in [0.717, 1.165) is 4.88 Å². The van der Waals surface area contributed by atoms with Crippen LogP contribution in [0.25, 0.3) is 0 Å². The number of carboxylic acids is 1. The highest BCUT2D eigenvalue weighted by Gasteiger charge is 2.19. The zero-order valence-corrected chi connectivity index (χ0v) is 12.3. The average Bonchev–Trinajstić information content (AvgIpc) is 2.89. The molecule has 8 heteroatoms. The smallest absolute Gasteiger partial charge is 0.337 e. The first-order chi connectivity index (χ1) is 10.1. The van der Waals surface area contributed by atoms with Crippen LogP contribution in [0, 0.1) is 0 Å². The predicted molar refractivity (Wildman–Crippen MR) is 78.8 cm³/mol. The van der Waals surface area contributed by atoms with Crippen LogP contribution < -0.4 is 14.8 Å². The van der Waals surface area contributed by atoms with E-state index in [1.54, 1.807) is 12.3 Å². The number of carbonyl (C=O) groups is 1. The zero-order chi connectivity index (χ0) is 14.8. The average molecular weight is 327 g/mol. The third kappa shape index (κ3) is 3.03. The van der Waals surface area contributed by atoms with Gasteiger partial charge in [0.1, 0.15) is 13.2 Å². The molecule has 0 fully saturated rings. The van der Waals surface area contributed by atoms with Crippen LogP contribution >= 0.6 is 22.9 Å². The maximum Gasteiger partial charge on any atom is 0.337 e. The van der Waals surface area contributed by atoms with Crippen LogP contribution in [0.3, 0.4) is 0 Å². The Balaban J connectivity index is 1.87. The zero-order valence-electron chi connectivity index (χ0n) is 10.8. The summed E-state index contributed by atoms with van der Waals surface area (Å²) in [6.45, 7) is 1.30. The summed E-state index contributed by atoms with van der Waals surface area (Å²) in [6.07, 6.45) is 1.65. The van der Waals surface area contributed by atoms with Crippen molar-refractivity contribution in [2.24, 2.45) is 0 Å². The molecule has 2 N–H and O–H groups in total. The lowest BCUT2D eigenvalue weighted by molar-refractivity contribution is 0.0696. The van der Waals surface area contributed by atoms with E-state index in [4.69, 9.17) is 21.1 Å². The third-order valence-electron chi connectivity index (χ3n) is 2.89. The van der Waals surface area contributed by atoms with Gasteiger partial charge in [0.2, 0.25) is 0 Å². The van der Waals surface area contributed by atoms with E-state index in [1.165, 1.54) is 17.4 Å². The van der Waals surface area contributed by atoms with Gasteiger partial charge in [0.15, 0.2) is 16.0 Å². The summed E-state index contributed by atoms with van der Waals surface area (Å²) in [6, 6.07) is 3.11. The van der Waals surface area contributed by atoms with Crippen molar-refractivity contribution < 1.29 is 19.4 Å². The van der Waals surface area contributed by atoms with E-state index < -0.39 is 5.97 Å². The monoisotopic (exact) mass is 326 g/mol. The van der Waals surface area contributed by atoms with Crippen molar-refractivity contribution in [2.75, 3.05) is 18.5 Å². The van der Waals surface area contributed by atoms with Crippen molar-refractivity contribution in [2.45, 2.75) is 6.54 Å². The Hall–Kier alpha value is -1.99. The number of nitrogens with one attached hydrogen (secondary N) is 1. The molecule has 0 atom stereocenters. The van der Waals surface area contributed by atoms with Crippen molar-refractivity contribution in [3.63, 3.8) is 0 Å². The predicted octanol–water partition coefficient (Wildman–Crippen LogP) is 2.88. The van der Waals surface area contributed by atoms with Crippen LogP contribution in [0.1, 0.15) is 15.2 Å². The van der Waals surface area contributed by atoms with Crippen molar-refractivity contribution >= 4 is 34.6 Å². The number of hydrogen-bond donors (Lipinski definition) is 2. The highest BCUT2D eigenvalue weighted by atomic mass is 35.5. The quantitative estimate of drug-likeness (QED) is 0.899. The summed E-state index contributed by atoms with van der Waals surface area (Å²) in [5.41, 5.74) is 0.603. The van der Waals surface area contributed by atoms with Crippen LogP contribution in [0.4, 0.5) is 5.69 Å². The van der Waals surface area contributed by atoms with Crippen LogP contribution in [0.2, 0.25) is 4.47 Å². The van der Waals surface area contributed by atoms with E-state index in [9.17, 15) is 9.90 Å². The standard InChI is InChI=1S/C13H11ClN2O4S/c14-13-16-6-7(21-13)5-15-9-4-11-10(19-1-2-20-11)3-8(9)12(17)18/h3-4,6,15H,1-2,5H2,(H,17,18). The minimum absolute atomic E-state index is 0.134. The minimum Gasteiger partial charge on any atom is -0.486 e. The number of benzene rings is 1. The first kappa shape index (κ1) is 14.0. The highest BCUT2D eigenvalue weighted by Crippen LogP contribution is 2.36. The summed E-state index contributed by atoms with van der Waals surface area (Å²) >= 11 is 7.11. The van der Waals surface area contributed by atoms with Gasteiger partial charge in [-0.25, -0.2) is 9.78 Å².